The van der Waals surface area contributed by atoms with Gasteiger partial charge in [0, 0.05) is 11.8 Å². The van der Waals surface area contributed by atoms with E-state index in [-0.39, 0.29) is 29.6 Å². The number of halogens is 1. The van der Waals surface area contributed by atoms with E-state index >= 15 is 0 Å². The highest BCUT2D eigenvalue weighted by Gasteiger charge is 2.62. The topological polar surface area (TPSA) is 37.4 Å². The molecule has 3 nitrogen and oxygen atoms in total. The van der Waals surface area contributed by atoms with Crippen molar-refractivity contribution in [3.8, 4) is 0 Å². The number of anilines is 1. The second-order valence-electron chi connectivity index (χ2n) is 9.14. The Morgan fingerprint density at radius 1 is 0.742 bits per heavy atom. The number of benzene rings is 3. The smallest absolute Gasteiger partial charge is 0.238 e. The Hall–Kier alpha value is -2.91. The Morgan fingerprint density at radius 2 is 1.29 bits per heavy atom. The molecule has 2 bridgehead atoms. The van der Waals surface area contributed by atoms with Gasteiger partial charge in [0.25, 0.3) is 0 Å². The molecule has 3 aliphatic carbocycles. The van der Waals surface area contributed by atoms with Crippen molar-refractivity contribution in [2.24, 2.45) is 11.8 Å². The van der Waals surface area contributed by atoms with E-state index in [4.69, 9.17) is 11.6 Å². The molecule has 4 aliphatic rings. The Morgan fingerprint density at radius 3 is 1.90 bits per heavy atom. The highest BCUT2D eigenvalue weighted by atomic mass is 35.5. The average Bonchev–Trinajstić information content (AvgIpc) is 3.04. The molecule has 0 unspecified atom stereocenters. The Labute approximate surface area is 186 Å². The predicted molar refractivity (Wildman–Crippen MR) is 122 cm³/mol. The number of amides is 2. The maximum atomic E-state index is 13.8. The van der Waals surface area contributed by atoms with Crippen LogP contribution in [0.2, 0.25) is 5.02 Å². The average molecular weight is 428 g/mol. The van der Waals surface area contributed by atoms with Crippen LogP contribution in [0.5, 0.6) is 0 Å². The van der Waals surface area contributed by atoms with E-state index in [1.54, 1.807) is 12.1 Å². The van der Waals surface area contributed by atoms with Crippen LogP contribution in [-0.4, -0.2) is 11.8 Å². The second kappa shape index (κ2) is 6.54. The van der Waals surface area contributed by atoms with E-state index in [2.05, 4.69) is 44.2 Å². The van der Waals surface area contributed by atoms with Gasteiger partial charge in [-0.2, -0.15) is 0 Å². The zero-order valence-electron chi connectivity index (χ0n) is 17.4. The molecule has 1 aliphatic heterocycles. The number of imide groups is 1. The number of carbonyl (C=O) groups is 2. The second-order valence-corrected chi connectivity index (χ2v) is 9.55. The molecule has 1 saturated heterocycles. The zero-order chi connectivity index (χ0) is 21.4. The van der Waals surface area contributed by atoms with Crippen molar-refractivity contribution in [1.29, 1.82) is 0 Å². The van der Waals surface area contributed by atoms with E-state index in [9.17, 15) is 9.59 Å². The van der Waals surface area contributed by atoms with Crippen molar-refractivity contribution in [2.45, 2.75) is 31.6 Å². The molecule has 3 aromatic carbocycles. The summed E-state index contributed by atoms with van der Waals surface area (Å²) in [7, 11) is 0. The van der Waals surface area contributed by atoms with Crippen molar-refractivity contribution < 1.29 is 9.59 Å². The lowest BCUT2D eigenvalue weighted by Gasteiger charge is -2.46. The largest absolute Gasteiger partial charge is 0.274 e. The summed E-state index contributed by atoms with van der Waals surface area (Å²) in [4.78, 5) is 28.9. The van der Waals surface area contributed by atoms with Gasteiger partial charge in [0.2, 0.25) is 11.8 Å². The molecule has 4 heteroatoms. The molecular formula is C27H22ClNO2. The molecule has 0 aromatic heterocycles. The van der Waals surface area contributed by atoms with Crippen LogP contribution >= 0.6 is 11.6 Å². The number of hydrogen-bond donors (Lipinski definition) is 0. The first kappa shape index (κ1) is 18.8. The highest BCUT2D eigenvalue weighted by molar-refractivity contribution is 6.36. The van der Waals surface area contributed by atoms with Crippen LogP contribution in [0.4, 0.5) is 5.69 Å². The van der Waals surface area contributed by atoms with Crippen LogP contribution in [0.15, 0.2) is 66.7 Å². The maximum absolute atomic E-state index is 13.8. The van der Waals surface area contributed by atoms with Crippen molar-refractivity contribution in [1.82, 2.24) is 0 Å². The number of carbonyl (C=O) groups excluding carboxylic acids is 2. The van der Waals surface area contributed by atoms with E-state index in [1.807, 2.05) is 24.3 Å². The fourth-order valence-corrected chi connectivity index (χ4v) is 6.20. The molecule has 0 N–H and O–H groups in total. The van der Waals surface area contributed by atoms with Gasteiger partial charge in [-0.15, -0.1) is 0 Å². The van der Waals surface area contributed by atoms with Gasteiger partial charge in [-0.25, -0.2) is 4.90 Å². The fraction of sp³-hybridized carbons (Fsp3) is 0.259. The Bertz CT molecular complexity index is 1260. The minimum Gasteiger partial charge on any atom is -0.274 e. The van der Waals surface area contributed by atoms with Crippen LogP contribution in [0.25, 0.3) is 0 Å². The van der Waals surface area contributed by atoms with Crippen molar-refractivity contribution >= 4 is 29.1 Å². The Kier molecular flexibility index (Phi) is 3.97. The predicted octanol–water partition coefficient (Wildman–Crippen LogP) is 5.86. The van der Waals surface area contributed by atoms with Crippen LogP contribution < -0.4 is 4.90 Å². The molecule has 31 heavy (non-hydrogen) atoms. The summed E-state index contributed by atoms with van der Waals surface area (Å²) in [5.41, 5.74) is 6.52. The van der Waals surface area contributed by atoms with Gasteiger partial charge in [-0.1, -0.05) is 80.0 Å². The van der Waals surface area contributed by atoms with Gasteiger partial charge in [0.05, 0.1) is 22.5 Å². The Balaban J connectivity index is 1.58. The third-order valence-electron chi connectivity index (χ3n) is 7.32. The summed E-state index contributed by atoms with van der Waals surface area (Å²) < 4.78 is 0. The summed E-state index contributed by atoms with van der Waals surface area (Å²) in [6, 6.07) is 22.1. The fourth-order valence-electron chi connectivity index (χ4n) is 5.98. The van der Waals surface area contributed by atoms with Crippen molar-refractivity contribution in [3.63, 3.8) is 0 Å². The van der Waals surface area contributed by atoms with Crippen LogP contribution in [0.3, 0.4) is 0 Å². The zero-order valence-corrected chi connectivity index (χ0v) is 18.1. The summed E-state index contributed by atoms with van der Waals surface area (Å²) in [6.45, 7) is 4.37. The van der Waals surface area contributed by atoms with Gasteiger partial charge in [0.1, 0.15) is 0 Å². The highest BCUT2D eigenvalue weighted by Crippen LogP contribution is 2.61. The SMILES string of the molecule is CC(C)c1ccc2c(c1)[C@@H]1c3ccccc3[C@@H]2[C@@H]2C(=O)N(c3ccccc3Cl)C(=O)[C@H]12. The number of hydrogen-bond acceptors (Lipinski definition) is 2. The van der Waals surface area contributed by atoms with E-state index in [1.165, 1.54) is 32.7 Å². The molecule has 1 fully saturated rings. The monoisotopic (exact) mass is 427 g/mol. The van der Waals surface area contributed by atoms with Crippen LogP contribution in [-0.2, 0) is 9.59 Å². The number of nitrogens with zero attached hydrogens (tertiary/aromatic N) is 1. The molecule has 1 heterocycles. The first-order valence-corrected chi connectivity index (χ1v) is 11.2. The molecule has 2 amide bonds. The lowest BCUT2D eigenvalue weighted by atomic mass is 9.54. The lowest BCUT2D eigenvalue weighted by molar-refractivity contribution is -0.122. The van der Waals surface area contributed by atoms with E-state index < -0.39 is 5.92 Å². The van der Waals surface area contributed by atoms with Gasteiger partial charge in [-0.3, -0.25) is 9.59 Å². The molecule has 0 radical (unpaired) electrons. The molecule has 0 saturated carbocycles. The van der Waals surface area contributed by atoms with Gasteiger partial charge in [0.15, 0.2) is 0 Å². The van der Waals surface area contributed by atoms with Gasteiger partial charge >= 0.3 is 0 Å². The molecule has 3 aromatic rings. The van der Waals surface area contributed by atoms with E-state index in [0.29, 0.717) is 16.6 Å². The minimum absolute atomic E-state index is 0.105. The molecule has 0 spiro atoms. The molecular weight excluding hydrogens is 406 g/mol. The summed E-state index contributed by atoms with van der Waals surface area (Å²) >= 11 is 6.41. The normalized spacial score (nSPS) is 25.6. The van der Waals surface area contributed by atoms with Gasteiger partial charge < -0.3 is 0 Å². The van der Waals surface area contributed by atoms with Crippen LogP contribution in [0.1, 0.15) is 59.4 Å². The lowest BCUT2D eigenvalue weighted by Crippen LogP contribution is -2.41. The minimum atomic E-state index is -0.390. The molecule has 154 valence electrons. The molecule has 7 rings (SSSR count). The first-order chi connectivity index (χ1) is 15.0. The summed E-state index contributed by atoms with van der Waals surface area (Å²) in [5, 5.41) is 0.423. The number of para-hydroxylation sites is 1. The standard InChI is InChI=1S/C27H22ClNO2/c1-14(2)15-11-12-18-19(13-15)23-17-8-4-3-7-16(17)22(18)24-25(23)27(31)29(26(24)30)21-10-6-5-9-20(21)28/h3-14,22-25H,1-2H3/t22-,23-,24-,25+/m0/s1. The third kappa shape index (κ3) is 2.41. The van der Waals surface area contributed by atoms with Crippen LogP contribution in [0, 0.1) is 11.8 Å². The summed E-state index contributed by atoms with van der Waals surface area (Å²) in [6.07, 6.45) is 0. The third-order valence-corrected chi connectivity index (χ3v) is 7.64. The van der Waals surface area contributed by atoms with Crippen molar-refractivity contribution in [3.05, 3.63) is 99.6 Å². The molecule has 4 atom stereocenters. The van der Waals surface area contributed by atoms with E-state index in [0.717, 1.165) is 0 Å². The van der Waals surface area contributed by atoms with Crippen molar-refractivity contribution in [2.75, 3.05) is 4.90 Å². The first-order valence-electron chi connectivity index (χ1n) is 10.8. The van der Waals surface area contributed by atoms with Gasteiger partial charge in [-0.05, 0) is 45.9 Å². The summed E-state index contributed by atoms with van der Waals surface area (Å²) in [5.74, 6) is -0.855. The maximum Gasteiger partial charge on any atom is 0.238 e. The number of rotatable bonds is 2. The quantitative estimate of drug-likeness (QED) is 0.480.